The highest BCUT2D eigenvalue weighted by atomic mass is 16.7. The smallest absolute Gasteiger partial charge is 0.408 e. The Bertz CT molecular complexity index is 724. The Balaban J connectivity index is 2.07. The molecule has 148 valence electrons. The Morgan fingerprint density at radius 2 is 2.04 bits per heavy atom. The van der Waals surface area contributed by atoms with Crippen LogP contribution < -0.4 is 20.5 Å². The predicted octanol–water partition coefficient (Wildman–Crippen LogP) is 1.69. The number of hydrogen-bond donors (Lipinski definition) is 3. The Hall–Kier alpha value is -3.08. The van der Waals surface area contributed by atoms with Crippen LogP contribution >= 0.6 is 0 Å². The van der Waals surface area contributed by atoms with Crippen molar-refractivity contribution in [3.05, 3.63) is 27.8 Å². The molecule has 0 saturated heterocycles. The number of nitro groups is 1. The maximum absolute atomic E-state index is 12.0. The number of unbranched alkanes of at least 4 members (excludes halogenated alkanes) is 1. The molecule has 0 fully saturated rings. The summed E-state index contributed by atoms with van der Waals surface area (Å²) in [6.07, 6.45) is -0.662. The van der Waals surface area contributed by atoms with Gasteiger partial charge in [0.25, 0.3) is 5.69 Å². The molecular weight excluding hydrogens is 362 g/mol. The van der Waals surface area contributed by atoms with Gasteiger partial charge in [0.05, 0.1) is 16.6 Å². The lowest BCUT2D eigenvalue weighted by Gasteiger charge is -2.18. The summed E-state index contributed by atoms with van der Waals surface area (Å²) < 4.78 is 15.4. The van der Waals surface area contributed by atoms with Crippen LogP contribution in [0.25, 0.3) is 0 Å². The Morgan fingerprint density at radius 3 is 2.63 bits per heavy atom. The van der Waals surface area contributed by atoms with E-state index in [1.54, 1.807) is 0 Å². The van der Waals surface area contributed by atoms with Gasteiger partial charge in [0.2, 0.25) is 6.79 Å². The number of carboxylic acid groups (broad SMARTS) is 1. The highest BCUT2D eigenvalue weighted by molar-refractivity contribution is 5.80. The lowest BCUT2D eigenvalue weighted by molar-refractivity contribution is -0.386. The van der Waals surface area contributed by atoms with Gasteiger partial charge < -0.3 is 30.4 Å². The van der Waals surface area contributed by atoms with Crippen molar-refractivity contribution in [1.82, 2.24) is 5.32 Å². The van der Waals surface area contributed by atoms with E-state index in [2.05, 4.69) is 5.32 Å². The zero-order chi connectivity index (χ0) is 20.0. The fraction of sp³-hybridized carbons (Fsp3) is 0.500. The minimum absolute atomic E-state index is 0.0608. The number of nitrogens with zero attached hydrogens (tertiary/aromatic N) is 1. The molecule has 0 bridgehead atoms. The molecule has 1 amide bonds. The fourth-order valence-electron chi connectivity index (χ4n) is 2.58. The van der Waals surface area contributed by atoms with Crippen molar-refractivity contribution in [2.75, 3.05) is 13.3 Å². The summed E-state index contributed by atoms with van der Waals surface area (Å²) in [6, 6.07) is 1.43. The van der Waals surface area contributed by atoms with Crippen LogP contribution in [0.15, 0.2) is 12.1 Å². The molecule has 0 radical (unpaired) electrons. The third kappa shape index (κ3) is 5.20. The highest BCUT2D eigenvalue weighted by Gasteiger charge is 2.29. The van der Waals surface area contributed by atoms with Gasteiger partial charge in [-0.1, -0.05) is 0 Å². The normalized spacial score (nSPS) is 14.3. The predicted molar refractivity (Wildman–Crippen MR) is 91.6 cm³/mol. The van der Waals surface area contributed by atoms with E-state index in [0.29, 0.717) is 25.1 Å². The van der Waals surface area contributed by atoms with E-state index < -0.39 is 29.1 Å². The molecule has 4 N–H and O–H groups in total. The molecule has 0 saturated carbocycles. The van der Waals surface area contributed by atoms with Gasteiger partial charge in [-0.05, 0) is 38.8 Å². The van der Waals surface area contributed by atoms with Crippen molar-refractivity contribution in [2.45, 2.75) is 38.3 Å². The van der Waals surface area contributed by atoms with Crippen molar-refractivity contribution in [3.8, 4) is 11.5 Å². The first-order valence-electron chi connectivity index (χ1n) is 8.31. The van der Waals surface area contributed by atoms with Gasteiger partial charge in [-0.15, -0.1) is 0 Å². The summed E-state index contributed by atoms with van der Waals surface area (Å²) in [6.45, 7) is 1.80. The first-order chi connectivity index (χ1) is 12.8. The Morgan fingerprint density at radius 1 is 1.37 bits per heavy atom. The summed E-state index contributed by atoms with van der Waals surface area (Å²) in [7, 11) is 0. The maximum atomic E-state index is 12.0. The summed E-state index contributed by atoms with van der Waals surface area (Å²) in [4.78, 5) is 33.9. The Kier molecular flexibility index (Phi) is 6.77. The van der Waals surface area contributed by atoms with Crippen LogP contribution in [0.2, 0.25) is 0 Å². The number of nitrogens with one attached hydrogen (secondary N) is 1. The fourth-order valence-corrected chi connectivity index (χ4v) is 2.58. The summed E-state index contributed by atoms with van der Waals surface area (Å²) >= 11 is 0. The number of hydrogen-bond acceptors (Lipinski definition) is 8. The largest absolute Gasteiger partial charge is 0.480 e. The van der Waals surface area contributed by atoms with E-state index in [-0.39, 0.29) is 30.2 Å². The van der Waals surface area contributed by atoms with Crippen molar-refractivity contribution in [2.24, 2.45) is 5.73 Å². The number of nitrogens with two attached hydrogens (primary N) is 1. The van der Waals surface area contributed by atoms with Crippen LogP contribution in [0.4, 0.5) is 10.5 Å². The molecule has 1 aromatic rings. The summed E-state index contributed by atoms with van der Waals surface area (Å²) in [5, 5.41) is 22.7. The van der Waals surface area contributed by atoms with Gasteiger partial charge >= 0.3 is 12.1 Å². The zero-order valence-electron chi connectivity index (χ0n) is 14.7. The number of rotatable bonds is 9. The van der Waals surface area contributed by atoms with E-state index >= 15 is 0 Å². The van der Waals surface area contributed by atoms with Crippen molar-refractivity contribution in [1.29, 1.82) is 0 Å². The third-order valence-corrected chi connectivity index (χ3v) is 3.98. The van der Waals surface area contributed by atoms with Crippen LogP contribution in [0.1, 0.15) is 37.9 Å². The summed E-state index contributed by atoms with van der Waals surface area (Å²) in [5.74, 6) is -0.671. The standard InChI is InChI=1S/C16H21N3O8/c1-9(27-16(22)18-11(15(20)21)4-2-3-5-17)10-6-13-14(26-8-25-13)7-12(10)19(23)24/h6-7,9,11H,2-5,8,17H2,1H3,(H,18,22)(H,20,21). The van der Waals surface area contributed by atoms with E-state index in [1.165, 1.54) is 19.1 Å². The van der Waals surface area contributed by atoms with E-state index in [4.69, 9.17) is 19.9 Å². The number of carbonyl (C=O) groups is 2. The Labute approximate surface area is 154 Å². The number of ether oxygens (including phenoxy) is 3. The van der Waals surface area contributed by atoms with Crippen LogP contribution in [-0.4, -0.2) is 41.5 Å². The van der Waals surface area contributed by atoms with Crippen LogP contribution in [0, 0.1) is 10.1 Å². The minimum Gasteiger partial charge on any atom is -0.480 e. The van der Waals surface area contributed by atoms with Crippen molar-refractivity contribution in [3.63, 3.8) is 0 Å². The molecule has 11 nitrogen and oxygen atoms in total. The SMILES string of the molecule is CC(OC(=O)NC(CCCCN)C(=O)O)c1cc2c(cc1[N+](=O)[O-])OCO2. The van der Waals surface area contributed by atoms with Crippen LogP contribution in [-0.2, 0) is 9.53 Å². The van der Waals surface area contributed by atoms with E-state index in [9.17, 15) is 24.8 Å². The molecule has 1 heterocycles. The molecule has 1 aliphatic heterocycles. The zero-order valence-corrected chi connectivity index (χ0v) is 14.7. The number of aliphatic carboxylic acids is 1. The second kappa shape index (κ2) is 9.03. The average Bonchev–Trinajstić information content (AvgIpc) is 3.07. The van der Waals surface area contributed by atoms with Crippen LogP contribution in [0.5, 0.6) is 11.5 Å². The number of carboxylic acids is 1. The molecule has 2 rings (SSSR count). The molecule has 1 aliphatic rings. The topological polar surface area (TPSA) is 163 Å². The molecule has 1 aromatic carbocycles. The van der Waals surface area contributed by atoms with Gasteiger partial charge in [0.15, 0.2) is 11.5 Å². The summed E-state index contributed by atoms with van der Waals surface area (Å²) in [5.41, 5.74) is 5.18. The molecule has 0 aromatic heterocycles. The third-order valence-electron chi connectivity index (χ3n) is 3.98. The first kappa shape index (κ1) is 20.2. The van der Waals surface area contributed by atoms with Gasteiger partial charge in [0, 0.05) is 0 Å². The second-order valence-electron chi connectivity index (χ2n) is 5.89. The van der Waals surface area contributed by atoms with Crippen molar-refractivity contribution >= 4 is 17.7 Å². The molecule has 11 heteroatoms. The molecular formula is C16H21N3O8. The lowest BCUT2D eigenvalue weighted by atomic mass is 10.1. The number of nitro benzene ring substituents is 1. The molecule has 0 aliphatic carbocycles. The molecule has 27 heavy (non-hydrogen) atoms. The van der Waals surface area contributed by atoms with Gasteiger partial charge in [0.1, 0.15) is 12.1 Å². The second-order valence-corrected chi connectivity index (χ2v) is 5.89. The van der Waals surface area contributed by atoms with Crippen LogP contribution in [0.3, 0.4) is 0 Å². The minimum atomic E-state index is -1.20. The van der Waals surface area contributed by atoms with E-state index in [0.717, 1.165) is 0 Å². The van der Waals surface area contributed by atoms with Gasteiger partial charge in [-0.2, -0.15) is 0 Å². The number of alkyl carbamates (subject to hydrolysis) is 1. The number of carbonyl (C=O) groups excluding carboxylic acids is 1. The van der Waals surface area contributed by atoms with Gasteiger partial charge in [-0.3, -0.25) is 10.1 Å². The van der Waals surface area contributed by atoms with Gasteiger partial charge in [-0.25, -0.2) is 9.59 Å². The van der Waals surface area contributed by atoms with Crippen molar-refractivity contribution < 1.29 is 33.8 Å². The first-order valence-corrected chi connectivity index (χ1v) is 8.31. The quantitative estimate of drug-likeness (QED) is 0.327. The average molecular weight is 383 g/mol. The maximum Gasteiger partial charge on any atom is 0.408 e. The van der Waals surface area contributed by atoms with E-state index in [1.807, 2.05) is 0 Å². The number of fused-ring (bicyclic) bond motifs is 1. The lowest BCUT2D eigenvalue weighted by Crippen LogP contribution is -2.41. The monoisotopic (exact) mass is 383 g/mol. The highest BCUT2D eigenvalue weighted by Crippen LogP contribution is 2.40. The number of benzene rings is 1. The molecule has 2 unspecified atom stereocenters. The number of amides is 1. The molecule has 2 atom stereocenters. The molecule has 0 spiro atoms.